The monoisotopic (exact) mass is 235 g/mol. The number of rotatable bonds is 2. The fourth-order valence-electron chi connectivity index (χ4n) is 2.02. The Balaban J connectivity index is 0.000000686. The number of methoxy groups -OCH3 is 1. The molecule has 17 heavy (non-hydrogen) atoms. The molecule has 94 valence electrons. The normalized spacial score (nSPS) is 17.5. The van der Waals surface area contributed by atoms with E-state index in [1.807, 2.05) is 26.0 Å². The Morgan fingerprint density at radius 3 is 2.82 bits per heavy atom. The van der Waals surface area contributed by atoms with Gasteiger partial charge < -0.3 is 10.1 Å². The van der Waals surface area contributed by atoms with Gasteiger partial charge in [0.2, 0.25) is 0 Å². The number of nitrogens with one attached hydrogen (secondary N) is 1. The zero-order chi connectivity index (χ0) is 12.7. The van der Waals surface area contributed by atoms with Crippen LogP contribution < -0.4 is 5.32 Å². The summed E-state index contributed by atoms with van der Waals surface area (Å²) in [5.74, 6) is -0.163. The Bertz CT molecular complexity index is 363. The lowest BCUT2D eigenvalue weighted by Crippen LogP contribution is -2.31. The molecule has 0 aliphatic carbocycles. The molecule has 0 radical (unpaired) electrons. The summed E-state index contributed by atoms with van der Waals surface area (Å²) in [6.07, 6.45) is 1.45. The highest BCUT2D eigenvalue weighted by Gasteiger charge is 2.21. The predicted octanol–water partition coefficient (Wildman–Crippen LogP) is 2.46. The van der Waals surface area contributed by atoms with E-state index in [0.29, 0.717) is 6.42 Å². The largest absolute Gasteiger partial charge is 0.469 e. The van der Waals surface area contributed by atoms with Crippen LogP contribution in [0.15, 0.2) is 24.3 Å². The average molecular weight is 235 g/mol. The molecular weight excluding hydrogens is 214 g/mol. The van der Waals surface area contributed by atoms with E-state index in [2.05, 4.69) is 22.2 Å². The standard InChI is InChI=1S/C12H15NO2.C2H6/c1-15-12(14)8-11-10-5-3-2-4-9(10)6-7-13-11;1-2/h2-5,11,13H,6-8H2,1H3;1-2H3. The summed E-state index contributed by atoms with van der Waals surface area (Å²) >= 11 is 0. The maximum absolute atomic E-state index is 11.2. The van der Waals surface area contributed by atoms with Crippen molar-refractivity contribution in [1.29, 1.82) is 0 Å². The molecular formula is C14H21NO2. The molecule has 0 fully saturated rings. The molecule has 1 heterocycles. The summed E-state index contributed by atoms with van der Waals surface area (Å²) in [5, 5.41) is 3.34. The molecule has 0 aromatic heterocycles. The fraction of sp³-hybridized carbons (Fsp3) is 0.500. The van der Waals surface area contributed by atoms with E-state index in [1.54, 1.807) is 0 Å². The number of hydrogen-bond donors (Lipinski definition) is 1. The lowest BCUT2D eigenvalue weighted by Gasteiger charge is -2.25. The SMILES string of the molecule is CC.COC(=O)CC1NCCc2ccccc21. The molecule has 2 rings (SSSR count). The third-order valence-corrected chi connectivity index (χ3v) is 2.81. The molecule has 0 bridgehead atoms. The lowest BCUT2D eigenvalue weighted by atomic mass is 9.93. The summed E-state index contributed by atoms with van der Waals surface area (Å²) in [6, 6.07) is 8.37. The van der Waals surface area contributed by atoms with Crippen molar-refractivity contribution in [2.24, 2.45) is 0 Å². The topological polar surface area (TPSA) is 38.3 Å². The maximum atomic E-state index is 11.2. The van der Waals surface area contributed by atoms with E-state index in [0.717, 1.165) is 13.0 Å². The van der Waals surface area contributed by atoms with E-state index in [9.17, 15) is 4.79 Å². The minimum absolute atomic E-state index is 0.113. The number of carbonyl (C=O) groups excluding carboxylic acids is 1. The van der Waals surface area contributed by atoms with Gasteiger partial charge in [0.05, 0.1) is 13.5 Å². The van der Waals surface area contributed by atoms with Crippen molar-refractivity contribution >= 4 is 5.97 Å². The minimum Gasteiger partial charge on any atom is -0.469 e. The van der Waals surface area contributed by atoms with Crippen molar-refractivity contribution in [3.05, 3.63) is 35.4 Å². The highest BCUT2D eigenvalue weighted by molar-refractivity contribution is 5.70. The van der Waals surface area contributed by atoms with Gasteiger partial charge in [0, 0.05) is 6.04 Å². The number of esters is 1. The molecule has 1 atom stereocenters. The molecule has 1 aliphatic rings. The van der Waals surface area contributed by atoms with Gasteiger partial charge >= 0.3 is 5.97 Å². The Hall–Kier alpha value is -1.35. The third kappa shape index (κ3) is 3.56. The summed E-state index contributed by atoms with van der Waals surface area (Å²) < 4.78 is 4.69. The Morgan fingerprint density at radius 2 is 2.12 bits per heavy atom. The van der Waals surface area contributed by atoms with Gasteiger partial charge in [-0.05, 0) is 24.1 Å². The first kappa shape index (κ1) is 13.7. The van der Waals surface area contributed by atoms with Crippen LogP contribution in [0.2, 0.25) is 0 Å². The van der Waals surface area contributed by atoms with Crippen molar-refractivity contribution in [3.63, 3.8) is 0 Å². The fourth-order valence-corrected chi connectivity index (χ4v) is 2.02. The molecule has 3 nitrogen and oxygen atoms in total. The first-order chi connectivity index (χ1) is 8.31. The van der Waals surface area contributed by atoms with E-state index >= 15 is 0 Å². The van der Waals surface area contributed by atoms with Crippen molar-refractivity contribution in [2.75, 3.05) is 13.7 Å². The highest BCUT2D eigenvalue weighted by atomic mass is 16.5. The molecule has 3 heteroatoms. The van der Waals surface area contributed by atoms with Gasteiger partial charge in [-0.3, -0.25) is 4.79 Å². The highest BCUT2D eigenvalue weighted by Crippen LogP contribution is 2.25. The van der Waals surface area contributed by atoms with E-state index < -0.39 is 0 Å². The van der Waals surface area contributed by atoms with Crippen LogP contribution in [0.1, 0.15) is 37.4 Å². The second-order valence-corrected chi connectivity index (χ2v) is 3.74. The van der Waals surface area contributed by atoms with Gasteiger partial charge in [0.25, 0.3) is 0 Å². The molecule has 0 spiro atoms. The smallest absolute Gasteiger partial charge is 0.307 e. The van der Waals surface area contributed by atoms with Crippen LogP contribution in [0.4, 0.5) is 0 Å². The van der Waals surface area contributed by atoms with Crippen LogP contribution >= 0.6 is 0 Å². The lowest BCUT2D eigenvalue weighted by molar-refractivity contribution is -0.141. The van der Waals surface area contributed by atoms with Crippen LogP contribution in [-0.2, 0) is 16.0 Å². The molecule has 0 saturated heterocycles. The zero-order valence-corrected chi connectivity index (χ0v) is 10.8. The summed E-state index contributed by atoms with van der Waals surface area (Å²) in [6.45, 7) is 4.93. The van der Waals surface area contributed by atoms with Crippen molar-refractivity contribution in [3.8, 4) is 0 Å². The van der Waals surface area contributed by atoms with Gasteiger partial charge in [-0.25, -0.2) is 0 Å². The van der Waals surface area contributed by atoms with Crippen LogP contribution in [-0.4, -0.2) is 19.6 Å². The van der Waals surface area contributed by atoms with E-state index in [1.165, 1.54) is 18.2 Å². The summed E-state index contributed by atoms with van der Waals surface area (Å²) in [5.41, 5.74) is 2.57. The van der Waals surface area contributed by atoms with Crippen molar-refractivity contribution < 1.29 is 9.53 Å². The van der Waals surface area contributed by atoms with Gasteiger partial charge in [-0.2, -0.15) is 0 Å². The average Bonchev–Trinajstić information content (AvgIpc) is 2.41. The Labute approximate surface area is 103 Å². The first-order valence-corrected chi connectivity index (χ1v) is 6.19. The number of carbonyl (C=O) groups is 1. The molecule has 1 N–H and O–H groups in total. The van der Waals surface area contributed by atoms with Crippen molar-refractivity contribution in [1.82, 2.24) is 5.32 Å². The van der Waals surface area contributed by atoms with Gasteiger partial charge in [-0.1, -0.05) is 38.1 Å². The van der Waals surface area contributed by atoms with E-state index in [-0.39, 0.29) is 12.0 Å². The number of hydrogen-bond acceptors (Lipinski definition) is 3. The number of ether oxygens (including phenoxy) is 1. The Kier molecular flexibility index (Phi) is 5.70. The second-order valence-electron chi connectivity index (χ2n) is 3.74. The molecule has 1 unspecified atom stereocenters. The summed E-state index contributed by atoms with van der Waals surface area (Å²) in [4.78, 5) is 11.2. The van der Waals surface area contributed by atoms with Crippen LogP contribution in [0.3, 0.4) is 0 Å². The first-order valence-electron chi connectivity index (χ1n) is 6.19. The van der Waals surface area contributed by atoms with Crippen LogP contribution in [0, 0.1) is 0 Å². The molecule has 1 aliphatic heterocycles. The quantitative estimate of drug-likeness (QED) is 0.800. The Morgan fingerprint density at radius 1 is 1.41 bits per heavy atom. The van der Waals surface area contributed by atoms with Crippen LogP contribution in [0.25, 0.3) is 0 Å². The van der Waals surface area contributed by atoms with Crippen molar-refractivity contribution in [2.45, 2.75) is 32.7 Å². The van der Waals surface area contributed by atoms with Gasteiger partial charge in [0.1, 0.15) is 0 Å². The predicted molar refractivity (Wildman–Crippen MR) is 68.9 cm³/mol. The number of fused-ring (bicyclic) bond motifs is 1. The molecule has 1 aromatic carbocycles. The van der Waals surface area contributed by atoms with Crippen LogP contribution in [0.5, 0.6) is 0 Å². The van der Waals surface area contributed by atoms with Gasteiger partial charge in [0.15, 0.2) is 0 Å². The molecule has 1 aromatic rings. The minimum atomic E-state index is -0.163. The molecule has 0 amide bonds. The van der Waals surface area contributed by atoms with E-state index in [4.69, 9.17) is 0 Å². The molecule has 0 saturated carbocycles. The second kappa shape index (κ2) is 7.07. The summed E-state index contributed by atoms with van der Waals surface area (Å²) in [7, 11) is 1.43. The third-order valence-electron chi connectivity index (χ3n) is 2.81. The number of benzene rings is 1. The zero-order valence-electron chi connectivity index (χ0n) is 10.8. The maximum Gasteiger partial charge on any atom is 0.307 e. The van der Waals surface area contributed by atoms with Gasteiger partial charge in [-0.15, -0.1) is 0 Å².